The molecule has 0 bridgehead atoms. The van der Waals surface area contributed by atoms with Crippen LogP contribution in [-0.2, 0) is 11.2 Å². The molecule has 0 aliphatic heterocycles. The van der Waals surface area contributed by atoms with E-state index < -0.39 is 0 Å². The molecule has 184 valence electrons. The molecule has 0 saturated heterocycles. The second-order valence-corrected chi connectivity index (χ2v) is 10.1. The van der Waals surface area contributed by atoms with Crippen LogP contribution >= 0.6 is 11.9 Å². The molecule has 1 amide bonds. The summed E-state index contributed by atoms with van der Waals surface area (Å²) in [6.07, 6.45) is 2.78. The number of methoxy groups -OCH3 is 1. The van der Waals surface area contributed by atoms with Gasteiger partial charge in [-0.15, -0.1) is 0 Å². The number of amides is 1. The van der Waals surface area contributed by atoms with Crippen molar-refractivity contribution >= 4 is 51.9 Å². The van der Waals surface area contributed by atoms with E-state index in [1.807, 2.05) is 67.6 Å². The summed E-state index contributed by atoms with van der Waals surface area (Å²) in [6.45, 7) is 4.11. The molecule has 3 aromatic carbocycles. The number of aryl methyl sites for hydroxylation is 1. The average Bonchev–Trinajstić information content (AvgIpc) is 3.66. The number of ether oxygens (including phenoxy) is 1. The molecule has 7 nitrogen and oxygen atoms in total. The first-order valence-electron chi connectivity index (χ1n) is 12.0. The summed E-state index contributed by atoms with van der Waals surface area (Å²) in [6, 6.07) is 21.6. The molecule has 1 aromatic heterocycles. The van der Waals surface area contributed by atoms with Crippen LogP contribution in [0.25, 0.3) is 11.0 Å². The van der Waals surface area contributed by atoms with Crippen molar-refractivity contribution in [2.75, 3.05) is 22.5 Å². The number of carbonyl (C=O) groups is 1. The van der Waals surface area contributed by atoms with Crippen LogP contribution in [0.3, 0.4) is 0 Å². The van der Waals surface area contributed by atoms with Crippen LogP contribution in [-0.4, -0.2) is 23.0 Å². The van der Waals surface area contributed by atoms with Crippen molar-refractivity contribution in [3.05, 3.63) is 72.3 Å². The van der Waals surface area contributed by atoms with Crippen LogP contribution in [0.1, 0.15) is 32.3 Å². The summed E-state index contributed by atoms with van der Waals surface area (Å²) in [5.74, 6) is 2.09. The Kier molecular flexibility index (Phi) is 6.69. The van der Waals surface area contributed by atoms with E-state index in [-0.39, 0.29) is 11.3 Å². The van der Waals surface area contributed by atoms with Crippen LogP contribution in [0.2, 0.25) is 0 Å². The third-order valence-electron chi connectivity index (χ3n) is 6.35. The van der Waals surface area contributed by atoms with E-state index in [1.54, 1.807) is 7.11 Å². The Labute approximate surface area is 215 Å². The van der Waals surface area contributed by atoms with Gasteiger partial charge in [-0.25, -0.2) is 9.97 Å². The first kappa shape index (κ1) is 23.9. The van der Waals surface area contributed by atoms with Crippen LogP contribution in [0.5, 0.6) is 5.75 Å². The maximum atomic E-state index is 12.5. The van der Waals surface area contributed by atoms with Gasteiger partial charge in [-0.3, -0.25) is 4.79 Å². The Bertz CT molecular complexity index is 1400. The van der Waals surface area contributed by atoms with Crippen molar-refractivity contribution < 1.29 is 9.53 Å². The molecule has 1 heterocycles. The highest BCUT2D eigenvalue weighted by Gasteiger charge is 2.44. The fraction of sp³-hybridized carbons (Fsp3) is 0.250. The highest BCUT2D eigenvalue weighted by atomic mass is 32.2. The lowest BCUT2D eigenvalue weighted by Crippen LogP contribution is -2.21. The van der Waals surface area contributed by atoms with Gasteiger partial charge in [-0.05, 0) is 79.2 Å². The first-order valence-corrected chi connectivity index (χ1v) is 12.8. The van der Waals surface area contributed by atoms with E-state index in [1.165, 1.54) is 11.9 Å². The second-order valence-electron chi connectivity index (χ2n) is 9.20. The van der Waals surface area contributed by atoms with Crippen molar-refractivity contribution in [1.29, 1.82) is 0 Å². The number of hydrogen-bond donors (Lipinski definition) is 3. The standard InChI is InChI=1S/C28H29N5O2S/c1-4-18-14-20(16-21(15-18)35-3)29-25-26(32-24-11-6-5-10-23(24)31-25)33-36-22-9-7-8-19(17-22)30-27(34)28(2)12-13-28/h5-11,14-17H,4,12-13H2,1-3H3,(H,29,31)(H,30,34)(H,32,33). The summed E-state index contributed by atoms with van der Waals surface area (Å²) >= 11 is 1.42. The van der Waals surface area contributed by atoms with Crippen molar-refractivity contribution in [2.45, 2.75) is 38.0 Å². The fourth-order valence-electron chi connectivity index (χ4n) is 3.79. The van der Waals surface area contributed by atoms with Gasteiger partial charge in [0.1, 0.15) is 5.75 Å². The second kappa shape index (κ2) is 10.1. The van der Waals surface area contributed by atoms with Crippen molar-refractivity contribution in [1.82, 2.24) is 9.97 Å². The molecule has 1 fully saturated rings. The average molecular weight is 500 g/mol. The number of nitrogens with one attached hydrogen (secondary N) is 3. The maximum absolute atomic E-state index is 12.5. The summed E-state index contributed by atoms with van der Waals surface area (Å²) in [4.78, 5) is 23.1. The van der Waals surface area contributed by atoms with Crippen molar-refractivity contribution in [2.24, 2.45) is 5.41 Å². The SMILES string of the molecule is CCc1cc(Nc2nc3ccccc3nc2NSc2cccc(NC(=O)C3(C)CC3)c2)cc(OC)c1. The van der Waals surface area contributed by atoms with Crippen LogP contribution < -0.4 is 20.1 Å². The summed E-state index contributed by atoms with van der Waals surface area (Å²) in [7, 11) is 1.67. The monoisotopic (exact) mass is 499 g/mol. The Hall–Kier alpha value is -3.78. The maximum Gasteiger partial charge on any atom is 0.230 e. The lowest BCUT2D eigenvalue weighted by atomic mass is 10.1. The summed E-state index contributed by atoms with van der Waals surface area (Å²) in [5.41, 5.74) is 4.19. The molecule has 0 radical (unpaired) electrons. The molecule has 0 unspecified atom stereocenters. The zero-order valence-electron chi connectivity index (χ0n) is 20.6. The number of carbonyl (C=O) groups excluding carboxylic acids is 1. The molecule has 8 heteroatoms. The molecular weight excluding hydrogens is 470 g/mol. The van der Waals surface area contributed by atoms with E-state index in [0.29, 0.717) is 11.6 Å². The lowest BCUT2D eigenvalue weighted by Gasteiger charge is -2.15. The minimum Gasteiger partial charge on any atom is -0.497 e. The van der Waals surface area contributed by atoms with Gasteiger partial charge in [0.15, 0.2) is 11.6 Å². The van der Waals surface area contributed by atoms with E-state index in [4.69, 9.17) is 14.7 Å². The number of para-hydroxylation sites is 2. The Morgan fingerprint density at radius 1 is 0.972 bits per heavy atom. The molecule has 1 aliphatic rings. The molecule has 0 atom stereocenters. The van der Waals surface area contributed by atoms with Gasteiger partial charge in [0, 0.05) is 27.8 Å². The van der Waals surface area contributed by atoms with E-state index in [2.05, 4.69) is 28.3 Å². The Balaban J connectivity index is 1.40. The van der Waals surface area contributed by atoms with Gasteiger partial charge in [0.05, 0.1) is 18.1 Å². The van der Waals surface area contributed by atoms with Crippen molar-refractivity contribution in [3.8, 4) is 5.75 Å². The van der Waals surface area contributed by atoms with Gasteiger partial charge in [-0.2, -0.15) is 0 Å². The number of benzene rings is 3. The highest BCUT2D eigenvalue weighted by molar-refractivity contribution is 8.00. The number of fused-ring (bicyclic) bond motifs is 1. The molecule has 4 aromatic rings. The van der Waals surface area contributed by atoms with E-state index in [9.17, 15) is 4.79 Å². The third kappa shape index (κ3) is 5.39. The molecule has 3 N–H and O–H groups in total. The van der Waals surface area contributed by atoms with Gasteiger partial charge in [0.2, 0.25) is 5.91 Å². The van der Waals surface area contributed by atoms with Gasteiger partial charge in [0.25, 0.3) is 0 Å². The molecular formula is C28H29N5O2S. The van der Waals surface area contributed by atoms with Crippen LogP contribution in [0.4, 0.5) is 23.0 Å². The predicted octanol–water partition coefficient (Wildman–Crippen LogP) is 6.80. The largest absolute Gasteiger partial charge is 0.497 e. The minimum absolute atomic E-state index is 0.0780. The van der Waals surface area contributed by atoms with E-state index in [0.717, 1.165) is 57.9 Å². The Morgan fingerprint density at radius 2 is 1.72 bits per heavy atom. The first-order chi connectivity index (χ1) is 17.5. The molecule has 36 heavy (non-hydrogen) atoms. The number of anilines is 4. The number of rotatable bonds is 9. The third-order valence-corrected chi connectivity index (χ3v) is 7.13. The van der Waals surface area contributed by atoms with Crippen LogP contribution in [0, 0.1) is 5.41 Å². The highest BCUT2D eigenvalue weighted by Crippen LogP contribution is 2.45. The van der Waals surface area contributed by atoms with Gasteiger partial charge < -0.3 is 20.1 Å². The van der Waals surface area contributed by atoms with Gasteiger partial charge in [-0.1, -0.05) is 32.0 Å². The molecule has 1 saturated carbocycles. The fourth-order valence-corrected chi connectivity index (χ4v) is 4.48. The summed E-state index contributed by atoms with van der Waals surface area (Å²) in [5, 5.41) is 6.47. The number of nitrogens with zero attached hydrogens (tertiary/aromatic N) is 2. The van der Waals surface area contributed by atoms with Crippen LogP contribution in [0.15, 0.2) is 71.6 Å². The number of hydrogen-bond acceptors (Lipinski definition) is 7. The minimum atomic E-state index is -0.222. The zero-order chi connectivity index (χ0) is 25.1. The summed E-state index contributed by atoms with van der Waals surface area (Å²) < 4.78 is 8.84. The smallest absolute Gasteiger partial charge is 0.230 e. The Morgan fingerprint density at radius 3 is 2.42 bits per heavy atom. The quantitative estimate of drug-likeness (QED) is 0.218. The normalized spacial score (nSPS) is 13.8. The van der Waals surface area contributed by atoms with Crippen molar-refractivity contribution in [3.63, 3.8) is 0 Å². The zero-order valence-corrected chi connectivity index (χ0v) is 21.4. The van der Waals surface area contributed by atoms with Gasteiger partial charge >= 0.3 is 0 Å². The predicted molar refractivity (Wildman–Crippen MR) is 147 cm³/mol. The number of aromatic nitrogens is 2. The lowest BCUT2D eigenvalue weighted by molar-refractivity contribution is -0.120. The molecule has 5 rings (SSSR count). The topological polar surface area (TPSA) is 88.2 Å². The molecule has 1 aliphatic carbocycles. The van der Waals surface area contributed by atoms with E-state index >= 15 is 0 Å². The molecule has 0 spiro atoms.